The lowest BCUT2D eigenvalue weighted by molar-refractivity contribution is -0.146. The molecule has 0 aromatic rings. The number of urea groups is 1. The van der Waals surface area contributed by atoms with Gasteiger partial charge in [0.25, 0.3) is 0 Å². The van der Waals surface area contributed by atoms with E-state index in [9.17, 15) is 19.5 Å². The first kappa shape index (κ1) is 15.6. The van der Waals surface area contributed by atoms with Crippen LogP contribution in [0.4, 0.5) is 4.79 Å². The highest BCUT2D eigenvalue weighted by atomic mass is 16.4. The van der Waals surface area contributed by atoms with Crippen LogP contribution in [0.3, 0.4) is 0 Å². The molecule has 7 heteroatoms. The molecule has 3 amide bonds. The van der Waals surface area contributed by atoms with Crippen molar-refractivity contribution in [3.8, 4) is 0 Å². The van der Waals surface area contributed by atoms with Gasteiger partial charge in [-0.15, -0.1) is 0 Å². The van der Waals surface area contributed by atoms with Crippen LogP contribution in [0.1, 0.15) is 39.0 Å². The van der Waals surface area contributed by atoms with Crippen LogP contribution in [-0.4, -0.2) is 53.1 Å². The van der Waals surface area contributed by atoms with Gasteiger partial charge in [-0.05, 0) is 18.8 Å². The fourth-order valence-electron chi connectivity index (χ4n) is 3.17. The molecule has 0 radical (unpaired) electrons. The van der Waals surface area contributed by atoms with Gasteiger partial charge in [0, 0.05) is 26.1 Å². The Bertz CT molecular complexity index is 440. The van der Waals surface area contributed by atoms with Crippen molar-refractivity contribution < 1.29 is 19.5 Å². The molecule has 0 spiro atoms. The van der Waals surface area contributed by atoms with Gasteiger partial charge in [0.1, 0.15) is 5.54 Å². The topological polar surface area (TPSA) is 98.7 Å². The Balaban J connectivity index is 2.04. The first-order valence-corrected chi connectivity index (χ1v) is 7.50. The molecule has 2 rings (SSSR count). The molecule has 1 aliphatic heterocycles. The average molecular weight is 297 g/mol. The number of amides is 3. The Hall–Kier alpha value is -1.79. The second-order valence-corrected chi connectivity index (χ2v) is 6.11. The minimum atomic E-state index is -1.17. The first-order valence-electron chi connectivity index (χ1n) is 7.50. The molecule has 21 heavy (non-hydrogen) atoms. The van der Waals surface area contributed by atoms with Crippen molar-refractivity contribution >= 4 is 17.9 Å². The lowest BCUT2D eigenvalue weighted by Gasteiger charge is -2.38. The van der Waals surface area contributed by atoms with E-state index in [2.05, 4.69) is 10.6 Å². The summed E-state index contributed by atoms with van der Waals surface area (Å²) >= 11 is 0. The van der Waals surface area contributed by atoms with Crippen LogP contribution >= 0.6 is 0 Å². The lowest BCUT2D eigenvalue weighted by atomic mass is 9.76. The summed E-state index contributed by atoms with van der Waals surface area (Å²) in [7, 11) is 0. The summed E-state index contributed by atoms with van der Waals surface area (Å²) < 4.78 is 0. The van der Waals surface area contributed by atoms with Gasteiger partial charge in [0.15, 0.2) is 0 Å². The van der Waals surface area contributed by atoms with Crippen molar-refractivity contribution in [2.24, 2.45) is 5.92 Å². The molecule has 0 aromatic carbocycles. The molecule has 1 heterocycles. The predicted molar refractivity (Wildman–Crippen MR) is 75.7 cm³/mol. The number of nitrogens with one attached hydrogen (secondary N) is 2. The molecule has 118 valence electrons. The van der Waals surface area contributed by atoms with Crippen molar-refractivity contribution in [1.29, 1.82) is 0 Å². The lowest BCUT2D eigenvalue weighted by Crippen LogP contribution is -2.60. The zero-order valence-electron chi connectivity index (χ0n) is 12.4. The summed E-state index contributed by atoms with van der Waals surface area (Å²) in [6.45, 7) is 3.14. The summed E-state index contributed by atoms with van der Waals surface area (Å²) in [5.41, 5.74) is -1.17. The third-order valence-electron chi connectivity index (χ3n) is 4.35. The van der Waals surface area contributed by atoms with E-state index < -0.39 is 11.5 Å². The number of carbonyl (C=O) groups excluding carboxylic acids is 2. The van der Waals surface area contributed by atoms with E-state index in [4.69, 9.17) is 0 Å². The number of carboxylic acid groups (broad SMARTS) is 1. The quantitative estimate of drug-likeness (QED) is 0.693. The number of aliphatic carboxylic acids is 1. The van der Waals surface area contributed by atoms with Gasteiger partial charge in [-0.25, -0.2) is 9.59 Å². The summed E-state index contributed by atoms with van der Waals surface area (Å²) in [4.78, 5) is 36.8. The van der Waals surface area contributed by atoms with Gasteiger partial charge >= 0.3 is 12.0 Å². The molecule has 7 nitrogen and oxygen atoms in total. The van der Waals surface area contributed by atoms with Gasteiger partial charge in [-0.3, -0.25) is 4.79 Å². The van der Waals surface area contributed by atoms with E-state index in [1.807, 2.05) is 6.92 Å². The number of nitrogens with zero attached hydrogens (tertiary/aromatic N) is 1. The minimum absolute atomic E-state index is 0.0791. The predicted octanol–water partition coefficient (Wildman–Crippen LogP) is 0.551. The minimum Gasteiger partial charge on any atom is -0.480 e. The van der Waals surface area contributed by atoms with E-state index in [-0.39, 0.29) is 24.3 Å². The Labute approximate surface area is 124 Å². The maximum atomic E-state index is 12.4. The molecule has 1 saturated heterocycles. The highest BCUT2D eigenvalue weighted by Crippen LogP contribution is 2.32. The SMILES string of the molecule is CC1CCCC(NC(=O)N2CCNC(=O)CC2)(C(=O)O)C1. The maximum absolute atomic E-state index is 12.4. The maximum Gasteiger partial charge on any atom is 0.329 e. The smallest absolute Gasteiger partial charge is 0.329 e. The van der Waals surface area contributed by atoms with Crippen LogP contribution < -0.4 is 10.6 Å². The zero-order chi connectivity index (χ0) is 15.5. The number of carbonyl (C=O) groups is 3. The molecule has 2 fully saturated rings. The third-order valence-corrected chi connectivity index (χ3v) is 4.35. The van der Waals surface area contributed by atoms with Crippen LogP contribution in [0.2, 0.25) is 0 Å². The van der Waals surface area contributed by atoms with Crippen molar-refractivity contribution in [1.82, 2.24) is 15.5 Å². The van der Waals surface area contributed by atoms with Gasteiger partial charge in [0.05, 0.1) is 0 Å². The molecule has 2 atom stereocenters. The number of hydrogen-bond donors (Lipinski definition) is 3. The fraction of sp³-hybridized carbons (Fsp3) is 0.786. The third kappa shape index (κ3) is 3.65. The molecule has 1 saturated carbocycles. The Morgan fingerprint density at radius 3 is 2.86 bits per heavy atom. The Kier molecular flexibility index (Phi) is 4.69. The van der Waals surface area contributed by atoms with Crippen LogP contribution in [0, 0.1) is 5.92 Å². The molecule has 2 unspecified atom stereocenters. The van der Waals surface area contributed by atoms with Crippen molar-refractivity contribution in [2.45, 2.75) is 44.6 Å². The van der Waals surface area contributed by atoms with Gasteiger partial charge in [-0.1, -0.05) is 19.8 Å². The van der Waals surface area contributed by atoms with E-state index in [1.165, 1.54) is 4.90 Å². The highest BCUT2D eigenvalue weighted by Gasteiger charge is 2.44. The highest BCUT2D eigenvalue weighted by molar-refractivity contribution is 5.87. The average Bonchev–Trinajstić information content (AvgIpc) is 2.63. The second-order valence-electron chi connectivity index (χ2n) is 6.11. The number of hydrogen-bond acceptors (Lipinski definition) is 3. The molecule has 0 aromatic heterocycles. The van der Waals surface area contributed by atoms with E-state index in [1.54, 1.807) is 0 Å². The van der Waals surface area contributed by atoms with Crippen LogP contribution in [0.15, 0.2) is 0 Å². The van der Waals surface area contributed by atoms with Crippen molar-refractivity contribution in [3.05, 3.63) is 0 Å². The van der Waals surface area contributed by atoms with Crippen LogP contribution in [0.25, 0.3) is 0 Å². The monoisotopic (exact) mass is 297 g/mol. The fourth-order valence-corrected chi connectivity index (χ4v) is 3.17. The molecular weight excluding hydrogens is 274 g/mol. The van der Waals surface area contributed by atoms with Gasteiger partial charge in [0.2, 0.25) is 5.91 Å². The zero-order valence-corrected chi connectivity index (χ0v) is 12.4. The Morgan fingerprint density at radius 1 is 1.43 bits per heavy atom. The Morgan fingerprint density at radius 2 is 2.19 bits per heavy atom. The summed E-state index contributed by atoms with van der Waals surface area (Å²) in [6, 6.07) is -0.386. The molecular formula is C14H23N3O4. The standard InChI is InChI=1S/C14H23N3O4/c1-10-3-2-5-14(9-10,12(19)20)16-13(21)17-7-4-11(18)15-6-8-17/h10H,2-9H2,1H3,(H,15,18)(H,16,21)(H,19,20). The van der Waals surface area contributed by atoms with Crippen LogP contribution in [-0.2, 0) is 9.59 Å². The summed E-state index contributed by atoms with van der Waals surface area (Å²) in [6.07, 6.45) is 2.97. The molecule has 0 bridgehead atoms. The van der Waals surface area contributed by atoms with Crippen molar-refractivity contribution in [2.75, 3.05) is 19.6 Å². The van der Waals surface area contributed by atoms with Crippen LogP contribution in [0.5, 0.6) is 0 Å². The normalized spacial score (nSPS) is 30.2. The van der Waals surface area contributed by atoms with E-state index >= 15 is 0 Å². The molecule has 3 N–H and O–H groups in total. The second kappa shape index (κ2) is 6.32. The van der Waals surface area contributed by atoms with E-state index in [0.717, 1.165) is 12.8 Å². The van der Waals surface area contributed by atoms with Crippen molar-refractivity contribution in [3.63, 3.8) is 0 Å². The summed E-state index contributed by atoms with van der Waals surface area (Å²) in [5.74, 6) is -0.765. The number of rotatable bonds is 2. The first-order chi connectivity index (χ1) is 9.93. The molecule has 1 aliphatic carbocycles. The van der Waals surface area contributed by atoms with Gasteiger partial charge in [-0.2, -0.15) is 0 Å². The van der Waals surface area contributed by atoms with Gasteiger partial charge < -0.3 is 20.6 Å². The molecule has 2 aliphatic rings. The van der Waals surface area contributed by atoms with E-state index in [0.29, 0.717) is 32.5 Å². The summed E-state index contributed by atoms with van der Waals surface area (Å²) in [5, 5.41) is 15.0. The largest absolute Gasteiger partial charge is 0.480 e. The number of carboxylic acids is 1.